The van der Waals surface area contributed by atoms with Crippen molar-refractivity contribution in [2.75, 3.05) is 13.7 Å². The van der Waals surface area contributed by atoms with Crippen LogP contribution in [0, 0.1) is 11.6 Å². The first-order chi connectivity index (χ1) is 9.39. The SMILES string of the molecule is COC(=O)C1CCCN1S(=O)(=O)c1c(F)cccc1F. The Morgan fingerprint density at radius 2 is 1.95 bits per heavy atom. The number of sulfonamides is 1. The van der Waals surface area contributed by atoms with E-state index in [0.29, 0.717) is 6.42 Å². The lowest BCUT2D eigenvalue weighted by Crippen LogP contribution is -2.41. The number of hydrogen-bond acceptors (Lipinski definition) is 4. The van der Waals surface area contributed by atoms with Crippen LogP contribution in [0.3, 0.4) is 0 Å². The van der Waals surface area contributed by atoms with Crippen molar-refractivity contribution in [3.05, 3.63) is 29.8 Å². The maximum atomic E-state index is 13.6. The summed E-state index contributed by atoms with van der Waals surface area (Å²) in [5.41, 5.74) is 0. The van der Waals surface area contributed by atoms with Crippen molar-refractivity contribution in [2.45, 2.75) is 23.8 Å². The van der Waals surface area contributed by atoms with E-state index in [1.165, 1.54) is 0 Å². The molecule has 0 bridgehead atoms. The lowest BCUT2D eigenvalue weighted by Gasteiger charge is -2.22. The monoisotopic (exact) mass is 305 g/mol. The van der Waals surface area contributed by atoms with Crippen LogP contribution in [0.4, 0.5) is 8.78 Å². The molecular formula is C12H13F2NO4S. The molecule has 0 amide bonds. The molecule has 8 heteroatoms. The highest BCUT2D eigenvalue weighted by Crippen LogP contribution is 2.29. The number of esters is 1. The summed E-state index contributed by atoms with van der Waals surface area (Å²) in [5.74, 6) is -3.09. The van der Waals surface area contributed by atoms with Crippen LogP contribution in [0.25, 0.3) is 0 Å². The van der Waals surface area contributed by atoms with Gasteiger partial charge < -0.3 is 4.74 Å². The minimum atomic E-state index is -4.42. The lowest BCUT2D eigenvalue weighted by molar-refractivity contribution is -0.144. The van der Waals surface area contributed by atoms with Crippen LogP contribution in [-0.4, -0.2) is 38.4 Å². The third-order valence-electron chi connectivity index (χ3n) is 3.16. The molecule has 0 aromatic heterocycles. The molecule has 1 heterocycles. The highest BCUT2D eigenvalue weighted by atomic mass is 32.2. The Hall–Kier alpha value is -1.54. The summed E-state index contributed by atoms with van der Waals surface area (Å²) in [6, 6.07) is 1.76. The Labute approximate surface area is 115 Å². The molecule has 0 saturated carbocycles. The number of methoxy groups -OCH3 is 1. The van der Waals surface area contributed by atoms with E-state index >= 15 is 0 Å². The molecule has 1 unspecified atom stereocenters. The fourth-order valence-electron chi connectivity index (χ4n) is 2.25. The second kappa shape index (κ2) is 5.45. The fourth-order valence-corrected chi connectivity index (χ4v) is 4.01. The van der Waals surface area contributed by atoms with Crippen molar-refractivity contribution in [3.63, 3.8) is 0 Å². The van der Waals surface area contributed by atoms with E-state index in [1.807, 2.05) is 0 Å². The Bertz CT molecular complexity index is 612. The van der Waals surface area contributed by atoms with Gasteiger partial charge in [0.15, 0.2) is 4.90 Å². The number of hydrogen-bond donors (Lipinski definition) is 0. The van der Waals surface area contributed by atoms with Gasteiger partial charge in [-0.2, -0.15) is 4.31 Å². The standard InChI is InChI=1S/C12H13F2NO4S/c1-19-12(16)10-6-3-7-15(10)20(17,18)11-8(13)4-2-5-9(11)14/h2,4-5,10H,3,6-7H2,1H3. The zero-order chi connectivity index (χ0) is 14.9. The molecule has 2 rings (SSSR count). The summed E-state index contributed by atoms with van der Waals surface area (Å²) in [4.78, 5) is 10.5. The van der Waals surface area contributed by atoms with E-state index < -0.39 is 38.6 Å². The normalized spacial score (nSPS) is 20.1. The van der Waals surface area contributed by atoms with Gasteiger partial charge in [0.05, 0.1) is 7.11 Å². The number of rotatable bonds is 3. The largest absolute Gasteiger partial charge is 0.468 e. The van der Waals surface area contributed by atoms with E-state index in [-0.39, 0.29) is 13.0 Å². The second-order valence-corrected chi connectivity index (χ2v) is 6.18. The van der Waals surface area contributed by atoms with Crippen LogP contribution >= 0.6 is 0 Å². The summed E-state index contributed by atoms with van der Waals surface area (Å²) < 4.78 is 57.3. The highest BCUT2D eigenvalue weighted by molar-refractivity contribution is 7.89. The maximum absolute atomic E-state index is 13.6. The minimum absolute atomic E-state index is 0.0237. The molecule has 5 nitrogen and oxygen atoms in total. The zero-order valence-electron chi connectivity index (χ0n) is 10.7. The van der Waals surface area contributed by atoms with Crippen LogP contribution < -0.4 is 0 Å². The van der Waals surface area contributed by atoms with Crippen molar-refractivity contribution >= 4 is 16.0 Å². The zero-order valence-corrected chi connectivity index (χ0v) is 11.5. The van der Waals surface area contributed by atoms with Crippen LogP contribution in [0.2, 0.25) is 0 Å². The van der Waals surface area contributed by atoms with Gasteiger partial charge in [-0.05, 0) is 25.0 Å². The predicted octanol–water partition coefficient (Wildman–Crippen LogP) is 1.29. The van der Waals surface area contributed by atoms with Gasteiger partial charge >= 0.3 is 5.97 Å². The van der Waals surface area contributed by atoms with E-state index in [0.717, 1.165) is 29.6 Å². The van der Waals surface area contributed by atoms with E-state index in [2.05, 4.69) is 4.74 Å². The smallest absolute Gasteiger partial charge is 0.324 e. The molecule has 1 aliphatic heterocycles. The van der Waals surface area contributed by atoms with Gasteiger partial charge in [0.1, 0.15) is 17.7 Å². The molecule has 1 aromatic rings. The number of halogens is 2. The fraction of sp³-hybridized carbons (Fsp3) is 0.417. The third-order valence-corrected chi connectivity index (χ3v) is 5.12. The van der Waals surface area contributed by atoms with Crippen LogP contribution in [-0.2, 0) is 19.6 Å². The number of carbonyl (C=O) groups is 1. The Balaban J connectivity index is 2.47. The third kappa shape index (κ3) is 2.40. The van der Waals surface area contributed by atoms with Gasteiger partial charge in [0, 0.05) is 6.54 Å². The molecule has 1 saturated heterocycles. The quantitative estimate of drug-likeness (QED) is 0.790. The molecule has 0 radical (unpaired) electrons. The Kier molecular flexibility index (Phi) is 4.05. The van der Waals surface area contributed by atoms with Gasteiger partial charge in [-0.15, -0.1) is 0 Å². The average molecular weight is 305 g/mol. The van der Waals surface area contributed by atoms with Crippen molar-refractivity contribution in [1.82, 2.24) is 4.31 Å². The van der Waals surface area contributed by atoms with Crippen molar-refractivity contribution < 1.29 is 26.7 Å². The lowest BCUT2D eigenvalue weighted by atomic mass is 10.2. The van der Waals surface area contributed by atoms with E-state index in [9.17, 15) is 22.0 Å². The summed E-state index contributed by atoms with van der Waals surface area (Å²) in [5, 5.41) is 0. The van der Waals surface area contributed by atoms with Gasteiger partial charge in [-0.25, -0.2) is 17.2 Å². The Morgan fingerprint density at radius 1 is 1.35 bits per heavy atom. The highest BCUT2D eigenvalue weighted by Gasteiger charge is 2.42. The molecule has 1 aromatic carbocycles. The first kappa shape index (κ1) is 14.9. The maximum Gasteiger partial charge on any atom is 0.324 e. The predicted molar refractivity (Wildman–Crippen MR) is 65.3 cm³/mol. The molecule has 1 fully saturated rings. The summed E-state index contributed by atoms with van der Waals surface area (Å²) >= 11 is 0. The topological polar surface area (TPSA) is 63.7 Å². The molecule has 20 heavy (non-hydrogen) atoms. The van der Waals surface area contributed by atoms with Gasteiger partial charge in [0.25, 0.3) is 0 Å². The van der Waals surface area contributed by atoms with E-state index in [1.54, 1.807) is 0 Å². The second-order valence-electron chi connectivity index (χ2n) is 4.35. The molecule has 0 spiro atoms. The number of carbonyl (C=O) groups excluding carboxylic acids is 1. The van der Waals surface area contributed by atoms with Crippen LogP contribution in [0.5, 0.6) is 0 Å². The van der Waals surface area contributed by atoms with Gasteiger partial charge in [0.2, 0.25) is 10.0 Å². The summed E-state index contributed by atoms with van der Waals surface area (Å²) in [6.45, 7) is 0.0237. The van der Waals surface area contributed by atoms with Crippen molar-refractivity contribution in [2.24, 2.45) is 0 Å². The number of nitrogens with zero attached hydrogens (tertiary/aromatic N) is 1. The van der Waals surface area contributed by atoms with Crippen molar-refractivity contribution in [1.29, 1.82) is 0 Å². The minimum Gasteiger partial charge on any atom is -0.468 e. The first-order valence-electron chi connectivity index (χ1n) is 5.93. The van der Waals surface area contributed by atoms with Gasteiger partial charge in [-0.1, -0.05) is 6.07 Å². The van der Waals surface area contributed by atoms with Crippen molar-refractivity contribution in [3.8, 4) is 0 Å². The summed E-state index contributed by atoms with van der Waals surface area (Å²) in [6.07, 6.45) is 0.692. The molecule has 1 atom stereocenters. The molecule has 0 aliphatic carbocycles. The molecule has 110 valence electrons. The number of ether oxygens (including phenoxy) is 1. The van der Waals surface area contributed by atoms with Crippen LogP contribution in [0.15, 0.2) is 23.1 Å². The molecule has 0 N–H and O–H groups in total. The van der Waals surface area contributed by atoms with Gasteiger partial charge in [-0.3, -0.25) is 4.79 Å². The summed E-state index contributed by atoms with van der Waals surface area (Å²) in [7, 11) is -3.29. The van der Waals surface area contributed by atoms with E-state index in [4.69, 9.17) is 0 Å². The first-order valence-corrected chi connectivity index (χ1v) is 7.37. The average Bonchev–Trinajstić information content (AvgIpc) is 2.87. The molecular weight excluding hydrogens is 292 g/mol. The van der Waals surface area contributed by atoms with Crippen LogP contribution in [0.1, 0.15) is 12.8 Å². The number of benzene rings is 1. The molecule has 1 aliphatic rings. The Morgan fingerprint density at radius 3 is 2.50 bits per heavy atom.